The first-order valence-electron chi connectivity index (χ1n) is 5.16. The number of carbonyl (C=O) groups excluding carboxylic acids is 1. The predicted octanol–water partition coefficient (Wildman–Crippen LogP) is 1.08. The third kappa shape index (κ3) is 2.73. The predicted molar refractivity (Wildman–Crippen MR) is 64.2 cm³/mol. The van der Waals surface area contributed by atoms with Gasteiger partial charge in [0, 0.05) is 5.69 Å². The fourth-order valence-corrected chi connectivity index (χ4v) is 1.41. The number of benzene rings is 1. The molecule has 4 nitrogen and oxygen atoms in total. The minimum atomic E-state index is -0.647. The molecule has 0 radical (unpaired) electrons. The molecule has 0 atom stereocenters. The van der Waals surface area contributed by atoms with Gasteiger partial charge >= 0.3 is 0 Å². The van der Waals surface area contributed by atoms with Crippen LogP contribution in [0.3, 0.4) is 0 Å². The average molecular weight is 222 g/mol. The van der Waals surface area contributed by atoms with Crippen molar-refractivity contribution in [3.63, 3.8) is 0 Å². The molecule has 0 fully saturated rings. The minimum Gasteiger partial charge on any atom is -0.398 e. The van der Waals surface area contributed by atoms with E-state index in [1.807, 2.05) is 13.0 Å². The van der Waals surface area contributed by atoms with Crippen molar-refractivity contribution in [2.24, 2.45) is 0 Å². The number of carbonyl (C=O) groups is 1. The standard InChI is InChI=1S/C12H18N2O2/c1-8-5-4-6-9(13)10(8)11(16)14-12(2,3)7-15/h4-6,15H,7,13H2,1-3H3,(H,14,16). The van der Waals surface area contributed by atoms with E-state index in [0.717, 1.165) is 5.56 Å². The summed E-state index contributed by atoms with van der Waals surface area (Å²) < 4.78 is 0. The van der Waals surface area contributed by atoms with Crippen molar-refractivity contribution in [2.75, 3.05) is 12.3 Å². The van der Waals surface area contributed by atoms with E-state index in [9.17, 15) is 4.79 Å². The van der Waals surface area contributed by atoms with Crippen molar-refractivity contribution in [1.82, 2.24) is 5.32 Å². The van der Waals surface area contributed by atoms with Crippen molar-refractivity contribution < 1.29 is 9.90 Å². The van der Waals surface area contributed by atoms with Crippen LogP contribution in [0.1, 0.15) is 29.8 Å². The Bertz CT molecular complexity index is 380. The molecule has 4 heteroatoms. The van der Waals surface area contributed by atoms with Gasteiger partial charge in [0.25, 0.3) is 5.91 Å². The molecule has 0 saturated carbocycles. The van der Waals surface area contributed by atoms with Crippen LogP contribution in [0.4, 0.5) is 5.69 Å². The van der Waals surface area contributed by atoms with Gasteiger partial charge in [-0.2, -0.15) is 0 Å². The molecule has 1 amide bonds. The van der Waals surface area contributed by atoms with Crippen LogP contribution < -0.4 is 11.1 Å². The Morgan fingerprint density at radius 1 is 1.50 bits per heavy atom. The number of aliphatic hydroxyl groups excluding tert-OH is 1. The molecule has 0 unspecified atom stereocenters. The van der Waals surface area contributed by atoms with Crippen LogP contribution in [0.2, 0.25) is 0 Å². The van der Waals surface area contributed by atoms with Gasteiger partial charge in [0.15, 0.2) is 0 Å². The molecule has 0 heterocycles. The highest BCUT2D eigenvalue weighted by Crippen LogP contribution is 2.17. The lowest BCUT2D eigenvalue weighted by atomic mass is 10.0. The maximum atomic E-state index is 12.0. The van der Waals surface area contributed by atoms with Crippen molar-refractivity contribution in [2.45, 2.75) is 26.3 Å². The Labute approximate surface area is 95.5 Å². The van der Waals surface area contributed by atoms with E-state index in [1.54, 1.807) is 26.0 Å². The summed E-state index contributed by atoms with van der Waals surface area (Å²) in [5.41, 5.74) is 6.86. The third-order valence-corrected chi connectivity index (χ3v) is 2.38. The molecule has 1 aromatic rings. The Balaban J connectivity index is 2.98. The summed E-state index contributed by atoms with van der Waals surface area (Å²) in [6, 6.07) is 5.32. The number of rotatable bonds is 3. The second-order valence-electron chi connectivity index (χ2n) is 4.54. The minimum absolute atomic E-state index is 0.121. The van der Waals surface area contributed by atoms with E-state index in [0.29, 0.717) is 11.3 Å². The molecule has 0 aromatic heterocycles. The van der Waals surface area contributed by atoms with Crippen molar-refractivity contribution in [3.05, 3.63) is 29.3 Å². The molecule has 0 aliphatic rings. The summed E-state index contributed by atoms with van der Waals surface area (Å²) in [4.78, 5) is 12.0. The summed E-state index contributed by atoms with van der Waals surface area (Å²) in [6.45, 7) is 5.21. The van der Waals surface area contributed by atoms with Gasteiger partial charge in [-0.1, -0.05) is 12.1 Å². The van der Waals surface area contributed by atoms with Gasteiger partial charge in [-0.25, -0.2) is 0 Å². The SMILES string of the molecule is Cc1cccc(N)c1C(=O)NC(C)(C)CO. The summed E-state index contributed by atoms with van der Waals surface area (Å²) in [7, 11) is 0. The zero-order valence-electron chi connectivity index (χ0n) is 9.87. The number of nitrogens with two attached hydrogens (primary N) is 1. The van der Waals surface area contributed by atoms with E-state index in [2.05, 4.69) is 5.32 Å². The lowest BCUT2D eigenvalue weighted by Crippen LogP contribution is -2.46. The van der Waals surface area contributed by atoms with Gasteiger partial charge in [-0.05, 0) is 32.4 Å². The van der Waals surface area contributed by atoms with Gasteiger partial charge in [0.05, 0.1) is 17.7 Å². The zero-order valence-corrected chi connectivity index (χ0v) is 9.87. The van der Waals surface area contributed by atoms with E-state index in [-0.39, 0.29) is 12.5 Å². The molecule has 0 saturated heterocycles. The smallest absolute Gasteiger partial charge is 0.254 e. The van der Waals surface area contributed by atoms with Crippen LogP contribution in [0.5, 0.6) is 0 Å². The molecule has 4 N–H and O–H groups in total. The highest BCUT2D eigenvalue weighted by atomic mass is 16.3. The Morgan fingerprint density at radius 2 is 2.12 bits per heavy atom. The zero-order chi connectivity index (χ0) is 12.3. The van der Waals surface area contributed by atoms with Gasteiger partial charge in [0.1, 0.15) is 0 Å². The van der Waals surface area contributed by atoms with E-state index >= 15 is 0 Å². The number of nitrogens with one attached hydrogen (secondary N) is 1. The molecule has 0 bridgehead atoms. The van der Waals surface area contributed by atoms with Gasteiger partial charge in [-0.15, -0.1) is 0 Å². The third-order valence-electron chi connectivity index (χ3n) is 2.38. The van der Waals surface area contributed by atoms with Gasteiger partial charge in [0.2, 0.25) is 0 Å². The fraction of sp³-hybridized carbons (Fsp3) is 0.417. The monoisotopic (exact) mass is 222 g/mol. The molecule has 0 aliphatic carbocycles. The molecular formula is C12H18N2O2. The normalized spacial score (nSPS) is 11.2. The van der Waals surface area contributed by atoms with Gasteiger partial charge < -0.3 is 16.2 Å². The number of aliphatic hydroxyl groups is 1. The maximum Gasteiger partial charge on any atom is 0.254 e. The number of anilines is 1. The van der Waals surface area contributed by atoms with E-state index in [1.165, 1.54) is 0 Å². The highest BCUT2D eigenvalue weighted by Gasteiger charge is 2.22. The first-order chi connectivity index (χ1) is 7.37. The van der Waals surface area contributed by atoms with E-state index in [4.69, 9.17) is 10.8 Å². The van der Waals surface area contributed by atoms with Crippen LogP contribution in [-0.2, 0) is 0 Å². The molecule has 0 aliphatic heterocycles. The Hall–Kier alpha value is -1.55. The first kappa shape index (κ1) is 12.5. The van der Waals surface area contributed by atoms with Crippen LogP contribution in [0.25, 0.3) is 0 Å². The number of nitrogen functional groups attached to an aromatic ring is 1. The molecule has 88 valence electrons. The molecule has 1 aromatic carbocycles. The van der Waals surface area contributed by atoms with Crippen LogP contribution in [0, 0.1) is 6.92 Å². The van der Waals surface area contributed by atoms with Crippen LogP contribution >= 0.6 is 0 Å². The van der Waals surface area contributed by atoms with E-state index < -0.39 is 5.54 Å². The number of amides is 1. The first-order valence-corrected chi connectivity index (χ1v) is 5.16. The average Bonchev–Trinajstić information content (AvgIpc) is 2.16. The highest BCUT2D eigenvalue weighted by molar-refractivity contribution is 6.00. The van der Waals surface area contributed by atoms with Crippen molar-refractivity contribution in [1.29, 1.82) is 0 Å². The fourth-order valence-electron chi connectivity index (χ4n) is 1.41. The molecule has 0 spiro atoms. The lowest BCUT2D eigenvalue weighted by molar-refractivity contribution is 0.0869. The van der Waals surface area contributed by atoms with Gasteiger partial charge in [-0.3, -0.25) is 4.79 Å². The number of hydrogen-bond donors (Lipinski definition) is 3. The number of hydrogen-bond acceptors (Lipinski definition) is 3. The summed E-state index contributed by atoms with van der Waals surface area (Å²) in [5, 5.41) is 11.8. The Morgan fingerprint density at radius 3 is 2.62 bits per heavy atom. The molecular weight excluding hydrogens is 204 g/mol. The van der Waals surface area contributed by atoms with Crippen LogP contribution in [0.15, 0.2) is 18.2 Å². The second-order valence-corrected chi connectivity index (χ2v) is 4.54. The second kappa shape index (κ2) is 4.53. The summed E-state index contributed by atoms with van der Waals surface area (Å²) in [6.07, 6.45) is 0. The summed E-state index contributed by atoms with van der Waals surface area (Å²) in [5.74, 6) is -0.255. The Kier molecular flexibility index (Phi) is 3.55. The summed E-state index contributed by atoms with van der Waals surface area (Å²) >= 11 is 0. The number of aryl methyl sites for hydroxylation is 1. The van der Waals surface area contributed by atoms with Crippen molar-refractivity contribution >= 4 is 11.6 Å². The quantitative estimate of drug-likeness (QED) is 0.670. The maximum absolute atomic E-state index is 12.0. The van der Waals surface area contributed by atoms with Crippen molar-refractivity contribution in [3.8, 4) is 0 Å². The largest absolute Gasteiger partial charge is 0.398 e. The molecule has 16 heavy (non-hydrogen) atoms. The topological polar surface area (TPSA) is 75.4 Å². The van der Waals surface area contributed by atoms with Crippen LogP contribution in [-0.4, -0.2) is 23.2 Å². The lowest BCUT2D eigenvalue weighted by Gasteiger charge is -2.24. The molecule has 1 rings (SSSR count).